The monoisotopic (exact) mass is 735 g/mol. The number of aromatic nitrogens is 3. The van der Waals surface area contributed by atoms with Gasteiger partial charge in [0.25, 0.3) is 0 Å². The van der Waals surface area contributed by atoms with Crippen molar-refractivity contribution in [3.05, 3.63) is 222 Å². The number of pyridine rings is 2. The lowest BCUT2D eigenvalue weighted by molar-refractivity contribution is 0.768. The van der Waals surface area contributed by atoms with E-state index in [0.717, 1.165) is 27.8 Å². The summed E-state index contributed by atoms with van der Waals surface area (Å²) >= 11 is 0. The van der Waals surface area contributed by atoms with Gasteiger partial charge in [-0.2, -0.15) is 0 Å². The van der Waals surface area contributed by atoms with E-state index in [-0.39, 0.29) is 0 Å². The van der Waals surface area contributed by atoms with E-state index in [9.17, 15) is 0 Å². The Balaban J connectivity index is 1.12. The van der Waals surface area contributed by atoms with Crippen molar-refractivity contribution in [3.63, 3.8) is 0 Å². The van der Waals surface area contributed by atoms with Crippen molar-refractivity contribution in [2.24, 2.45) is 0 Å². The van der Waals surface area contributed by atoms with Gasteiger partial charge in [-0.05, 0) is 143 Å². The van der Waals surface area contributed by atoms with Crippen LogP contribution in [0.3, 0.4) is 0 Å². The molecule has 0 saturated heterocycles. The van der Waals surface area contributed by atoms with Crippen LogP contribution in [0.5, 0.6) is 0 Å². The van der Waals surface area contributed by atoms with E-state index in [1.165, 1.54) is 88.0 Å². The summed E-state index contributed by atoms with van der Waals surface area (Å²) < 4.78 is 2.17. The molecule has 0 aliphatic heterocycles. The van der Waals surface area contributed by atoms with Crippen LogP contribution in [-0.4, -0.2) is 14.5 Å². The summed E-state index contributed by atoms with van der Waals surface area (Å²) in [6.45, 7) is 0. The summed E-state index contributed by atoms with van der Waals surface area (Å²) in [6.07, 6.45) is 8.35. The molecule has 3 heteroatoms. The van der Waals surface area contributed by atoms with Gasteiger partial charge < -0.3 is 0 Å². The largest absolute Gasteiger partial charge is 0.278 e. The number of benzene rings is 8. The zero-order valence-electron chi connectivity index (χ0n) is 31.4. The lowest BCUT2D eigenvalue weighted by Crippen LogP contribution is -2.30. The van der Waals surface area contributed by atoms with Crippen molar-refractivity contribution in [2.45, 2.75) is 5.41 Å². The standard InChI is InChI=1S/C55H33N3/c1-7-19-48-34(12-1)22-23-35-24-25-37(36-26-27-52-47(30-36)43-18-11-29-57-54(43)58(52)53-21-9-10-28-56-53)31-50(35)55(48)49-20-8-6-17-42(49)46-32-44-40-15-4-2-13-38(40)39-14-3-5-16-41(39)45(44)33-51(46)55/h1-33H. The molecule has 0 fully saturated rings. The van der Waals surface area contributed by atoms with Crippen LogP contribution in [0.25, 0.3) is 94.5 Å². The van der Waals surface area contributed by atoms with E-state index >= 15 is 0 Å². The lowest BCUT2D eigenvalue weighted by Gasteiger charge is -2.36. The van der Waals surface area contributed by atoms with Crippen LogP contribution >= 0.6 is 0 Å². The molecule has 3 nitrogen and oxygen atoms in total. The molecule has 2 aliphatic carbocycles. The molecule has 0 amide bonds. The summed E-state index contributed by atoms with van der Waals surface area (Å²) in [5.74, 6) is 0.859. The van der Waals surface area contributed by atoms with Crippen molar-refractivity contribution < 1.29 is 0 Å². The molecular weight excluding hydrogens is 703 g/mol. The molecule has 13 rings (SSSR count). The van der Waals surface area contributed by atoms with E-state index < -0.39 is 5.41 Å². The van der Waals surface area contributed by atoms with Crippen molar-refractivity contribution in [2.75, 3.05) is 0 Å². The van der Waals surface area contributed by atoms with Crippen LogP contribution in [-0.2, 0) is 5.41 Å². The second-order valence-electron chi connectivity index (χ2n) is 15.7. The molecule has 8 aromatic carbocycles. The molecule has 58 heavy (non-hydrogen) atoms. The van der Waals surface area contributed by atoms with Crippen molar-refractivity contribution in [1.82, 2.24) is 14.5 Å². The van der Waals surface area contributed by atoms with E-state index in [1.807, 2.05) is 36.7 Å². The minimum Gasteiger partial charge on any atom is -0.278 e. The van der Waals surface area contributed by atoms with Gasteiger partial charge in [0.2, 0.25) is 0 Å². The number of fused-ring (bicyclic) bond motifs is 18. The number of rotatable bonds is 2. The molecule has 0 radical (unpaired) electrons. The van der Waals surface area contributed by atoms with Crippen LogP contribution in [0.15, 0.2) is 188 Å². The Hall–Kier alpha value is -7.62. The highest BCUT2D eigenvalue weighted by atomic mass is 15.1. The molecule has 0 saturated carbocycles. The van der Waals surface area contributed by atoms with E-state index in [2.05, 4.69) is 168 Å². The summed E-state index contributed by atoms with van der Waals surface area (Å²) in [7, 11) is 0. The normalized spacial score (nSPS) is 15.2. The third-order valence-electron chi connectivity index (χ3n) is 12.9. The highest BCUT2D eigenvalue weighted by Gasteiger charge is 2.48. The van der Waals surface area contributed by atoms with Gasteiger partial charge in [0.1, 0.15) is 11.5 Å². The van der Waals surface area contributed by atoms with Gasteiger partial charge in [-0.25, -0.2) is 9.97 Å². The highest BCUT2D eigenvalue weighted by Crippen LogP contribution is 2.60. The van der Waals surface area contributed by atoms with Gasteiger partial charge in [0, 0.05) is 23.2 Å². The van der Waals surface area contributed by atoms with Crippen LogP contribution in [0.1, 0.15) is 33.4 Å². The van der Waals surface area contributed by atoms with E-state index in [4.69, 9.17) is 9.97 Å². The molecule has 11 aromatic rings. The van der Waals surface area contributed by atoms with Crippen LogP contribution in [0.4, 0.5) is 0 Å². The first-order valence-electron chi connectivity index (χ1n) is 20.0. The lowest BCUT2D eigenvalue weighted by atomic mass is 9.65. The minimum atomic E-state index is -0.568. The fourth-order valence-corrected chi connectivity index (χ4v) is 10.5. The predicted molar refractivity (Wildman–Crippen MR) is 241 cm³/mol. The Labute approximate surface area is 334 Å². The fraction of sp³-hybridized carbons (Fsp3) is 0.0182. The van der Waals surface area contributed by atoms with E-state index in [0.29, 0.717) is 0 Å². The summed E-state index contributed by atoms with van der Waals surface area (Å²) in [5, 5.41) is 10.0. The fourth-order valence-electron chi connectivity index (χ4n) is 10.5. The topological polar surface area (TPSA) is 30.7 Å². The Kier molecular flexibility index (Phi) is 6.37. The zero-order chi connectivity index (χ0) is 38.0. The average Bonchev–Trinajstić information content (AvgIpc) is 3.72. The van der Waals surface area contributed by atoms with Gasteiger partial charge in [0.15, 0.2) is 0 Å². The maximum Gasteiger partial charge on any atom is 0.146 e. The first-order valence-corrected chi connectivity index (χ1v) is 20.0. The number of hydrogen-bond donors (Lipinski definition) is 0. The number of hydrogen-bond acceptors (Lipinski definition) is 2. The third-order valence-corrected chi connectivity index (χ3v) is 12.9. The molecule has 1 spiro atoms. The molecule has 0 N–H and O–H groups in total. The Morgan fingerprint density at radius 2 is 0.983 bits per heavy atom. The van der Waals surface area contributed by atoms with Gasteiger partial charge in [-0.15, -0.1) is 0 Å². The minimum absolute atomic E-state index is 0.568. The second kappa shape index (κ2) is 11.7. The molecule has 268 valence electrons. The predicted octanol–water partition coefficient (Wildman–Crippen LogP) is 13.5. The molecule has 1 atom stereocenters. The van der Waals surface area contributed by atoms with Gasteiger partial charge in [0.05, 0.1) is 10.9 Å². The summed E-state index contributed by atoms with van der Waals surface area (Å²) in [4.78, 5) is 9.57. The Morgan fingerprint density at radius 3 is 1.78 bits per heavy atom. The molecule has 1 unspecified atom stereocenters. The maximum atomic E-state index is 4.85. The molecule has 0 bridgehead atoms. The molecule has 3 aromatic heterocycles. The smallest absolute Gasteiger partial charge is 0.146 e. The van der Waals surface area contributed by atoms with Gasteiger partial charge >= 0.3 is 0 Å². The molecular formula is C55H33N3. The summed E-state index contributed by atoms with van der Waals surface area (Å²) in [5.41, 5.74) is 14.1. The SMILES string of the molecule is C1=Cc2ccc(-c3ccc4c(c3)c3cccnc3n4-c3ccccn3)cc2C2(c3ccccc31)c1ccccc1-c1cc3c4ccccc4c4ccccc4c3cc12. The Bertz CT molecular complexity index is 3570. The van der Waals surface area contributed by atoms with Gasteiger partial charge in [-0.1, -0.05) is 133 Å². The van der Waals surface area contributed by atoms with Crippen LogP contribution in [0.2, 0.25) is 0 Å². The average molecular weight is 736 g/mol. The molecule has 2 aliphatic rings. The van der Waals surface area contributed by atoms with Crippen molar-refractivity contribution in [1.29, 1.82) is 0 Å². The second-order valence-corrected chi connectivity index (χ2v) is 15.7. The maximum absolute atomic E-state index is 4.85. The highest BCUT2D eigenvalue weighted by molar-refractivity contribution is 6.26. The van der Waals surface area contributed by atoms with E-state index in [1.54, 1.807) is 0 Å². The first-order chi connectivity index (χ1) is 28.8. The molecule has 3 heterocycles. The van der Waals surface area contributed by atoms with Crippen LogP contribution in [0, 0.1) is 0 Å². The van der Waals surface area contributed by atoms with Crippen molar-refractivity contribution in [3.8, 4) is 28.1 Å². The zero-order valence-corrected chi connectivity index (χ0v) is 31.4. The third kappa shape index (κ3) is 4.12. The first kappa shape index (κ1) is 31.6. The van der Waals surface area contributed by atoms with Gasteiger partial charge in [-0.3, -0.25) is 4.57 Å². The number of nitrogens with zero attached hydrogens (tertiary/aromatic N) is 3. The van der Waals surface area contributed by atoms with Crippen molar-refractivity contribution >= 4 is 66.4 Å². The Morgan fingerprint density at radius 1 is 0.362 bits per heavy atom. The van der Waals surface area contributed by atoms with Crippen LogP contribution < -0.4 is 0 Å². The quantitative estimate of drug-likeness (QED) is 0.166. The summed E-state index contributed by atoms with van der Waals surface area (Å²) in [6, 6.07) is 65.2.